The summed E-state index contributed by atoms with van der Waals surface area (Å²) in [5.41, 5.74) is 2.60. The molecule has 0 bridgehead atoms. The van der Waals surface area contributed by atoms with E-state index < -0.39 is 0 Å². The highest BCUT2D eigenvalue weighted by Crippen LogP contribution is 2.26. The molecule has 3 nitrogen and oxygen atoms in total. The van der Waals surface area contributed by atoms with Gasteiger partial charge in [-0.2, -0.15) is 0 Å². The van der Waals surface area contributed by atoms with Crippen LogP contribution in [0.15, 0.2) is 24.3 Å². The summed E-state index contributed by atoms with van der Waals surface area (Å²) in [6.07, 6.45) is 2.77. The highest BCUT2D eigenvalue weighted by Gasteiger charge is 2.30. The average molecular weight is 245 g/mol. The zero-order valence-electron chi connectivity index (χ0n) is 11.2. The van der Waals surface area contributed by atoms with Crippen LogP contribution in [0.4, 0.5) is 11.4 Å². The van der Waals surface area contributed by atoms with Crippen molar-refractivity contribution in [3.63, 3.8) is 0 Å². The van der Waals surface area contributed by atoms with Crippen molar-refractivity contribution in [2.24, 2.45) is 0 Å². The maximum absolute atomic E-state index is 3.35. The lowest BCUT2D eigenvalue weighted by Crippen LogP contribution is -2.50. The van der Waals surface area contributed by atoms with Crippen molar-refractivity contribution in [3.05, 3.63) is 24.3 Å². The summed E-state index contributed by atoms with van der Waals surface area (Å²) in [5.74, 6) is 0. The smallest absolute Gasteiger partial charge is 0.0368 e. The summed E-state index contributed by atoms with van der Waals surface area (Å²) in [5, 5.41) is 3.35. The van der Waals surface area contributed by atoms with Gasteiger partial charge < -0.3 is 10.2 Å². The van der Waals surface area contributed by atoms with Crippen LogP contribution in [-0.4, -0.2) is 43.7 Å². The summed E-state index contributed by atoms with van der Waals surface area (Å²) >= 11 is 0. The number of nitrogens with one attached hydrogen (secondary N) is 1. The number of fused-ring (bicyclic) bond motifs is 1. The van der Waals surface area contributed by atoms with E-state index in [9.17, 15) is 0 Å². The number of piperazine rings is 1. The zero-order valence-corrected chi connectivity index (χ0v) is 11.2. The third kappa shape index (κ3) is 2.32. The number of hydrogen-bond donors (Lipinski definition) is 1. The Bertz CT molecular complexity index is 387. The minimum atomic E-state index is 0.798. The summed E-state index contributed by atoms with van der Waals surface area (Å²) in [4.78, 5) is 5.20. The molecule has 1 atom stereocenters. The van der Waals surface area contributed by atoms with Crippen molar-refractivity contribution >= 4 is 11.4 Å². The molecule has 98 valence electrons. The Morgan fingerprint density at radius 1 is 1.17 bits per heavy atom. The Hall–Kier alpha value is -1.22. The topological polar surface area (TPSA) is 18.5 Å². The van der Waals surface area contributed by atoms with E-state index in [1.807, 2.05) is 0 Å². The Kier molecular flexibility index (Phi) is 3.41. The number of nitrogens with zero attached hydrogens (tertiary/aromatic N) is 2. The third-order valence-corrected chi connectivity index (χ3v) is 4.20. The quantitative estimate of drug-likeness (QED) is 0.882. The first-order valence-corrected chi connectivity index (χ1v) is 7.20. The molecule has 2 fully saturated rings. The van der Waals surface area contributed by atoms with E-state index >= 15 is 0 Å². The number of benzene rings is 1. The lowest BCUT2D eigenvalue weighted by Gasteiger charge is -2.38. The van der Waals surface area contributed by atoms with Gasteiger partial charge in [-0.1, -0.05) is 0 Å². The minimum Gasteiger partial charge on any atom is -0.385 e. The molecule has 2 aliphatic heterocycles. The first-order chi connectivity index (χ1) is 8.86. The highest BCUT2D eigenvalue weighted by molar-refractivity contribution is 5.55. The maximum atomic E-state index is 3.35. The summed E-state index contributed by atoms with van der Waals surface area (Å²) in [6, 6.07) is 9.69. The molecule has 1 N–H and O–H groups in total. The lowest BCUT2D eigenvalue weighted by atomic mass is 10.1. The van der Waals surface area contributed by atoms with E-state index in [2.05, 4.69) is 46.3 Å². The van der Waals surface area contributed by atoms with Crippen molar-refractivity contribution in [3.8, 4) is 0 Å². The summed E-state index contributed by atoms with van der Waals surface area (Å²) in [7, 11) is 0. The van der Waals surface area contributed by atoms with E-state index in [4.69, 9.17) is 0 Å². The van der Waals surface area contributed by atoms with E-state index in [0.29, 0.717) is 0 Å². The van der Waals surface area contributed by atoms with Gasteiger partial charge in [-0.15, -0.1) is 0 Å². The predicted molar refractivity (Wildman–Crippen MR) is 77.4 cm³/mol. The molecule has 2 heterocycles. The fraction of sp³-hybridized carbons (Fsp3) is 0.600. The Labute approximate surface area is 110 Å². The van der Waals surface area contributed by atoms with Gasteiger partial charge in [-0.05, 0) is 50.6 Å². The van der Waals surface area contributed by atoms with Gasteiger partial charge in [0, 0.05) is 43.6 Å². The van der Waals surface area contributed by atoms with Crippen LogP contribution in [0.25, 0.3) is 0 Å². The second-order valence-corrected chi connectivity index (χ2v) is 5.36. The van der Waals surface area contributed by atoms with Crippen molar-refractivity contribution in [1.82, 2.24) is 4.90 Å². The van der Waals surface area contributed by atoms with Gasteiger partial charge in [0.05, 0.1) is 0 Å². The molecular weight excluding hydrogens is 222 g/mol. The summed E-state index contributed by atoms with van der Waals surface area (Å²) < 4.78 is 0. The molecule has 0 aliphatic carbocycles. The molecule has 3 heteroatoms. The second-order valence-electron chi connectivity index (χ2n) is 5.36. The molecule has 1 aromatic rings. The number of rotatable bonds is 3. The van der Waals surface area contributed by atoms with Crippen LogP contribution in [-0.2, 0) is 0 Å². The van der Waals surface area contributed by atoms with E-state index in [0.717, 1.165) is 12.6 Å². The molecule has 3 rings (SSSR count). The standard InChI is InChI=1S/C15H23N3/c1-2-16-13-5-7-14(8-6-13)18-11-10-17-9-3-4-15(17)12-18/h5-8,15-16H,2-4,9-12H2,1H3. The van der Waals surface area contributed by atoms with Crippen LogP contribution in [0.5, 0.6) is 0 Å². The lowest BCUT2D eigenvalue weighted by molar-refractivity contribution is 0.231. The molecule has 1 aromatic carbocycles. The van der Waals surface area contributed by atoms with Gasteiger partial charge >= 0.3 is 0 Å². The van der Waals surface area contributed by atoms with Crippen LogP contribution in [0.1, 0.15) is 19.8 Å². The van der Waals surface area contributed by atoms with Gasteiger partial charge in [0.15, 0.2) is 0 Å². The molecule has 0 amide bonds. The molecule has 0 saturated carbocycles. The van der Waals surface area contributed by atoms with Crippen molar-refractivity contribution < 1.29 is 0 Å². The van der Waals surface area contributed by atoms with E-state index in [1.54, 1.807) is 0 Å². The van der Waals surface area contributed by atoms with Gasteiger partial charge in [0.2, 0.25) is 0 Å². The highest BCUT2D eigenvalue weighted by atomic mass is 15.3. The third-order valence-electron chi connectivity index (χ3n) is 4.20. The maximum Gasteiger partial charge on any atom is 0.0368 e. The van der Waals surface area contributed by atoms with Crippen molar-refractivity contribution in [2.75, 3.05) is 42.9 Å². The van der Waals surface area contributed by atoms with Gasteiger partial charge in [0.1, 0.15) is 0 Å². The fourth-order valence-corrected chi connectivity index (χ4v) is 3.22. The van der Waals surface area contributed by atoms with Gasteiger partial charge in [-0.25, -0.2) is 0 Å². The zero-order chi connectivity index (χ0) is 12.4. The second kappa shape index (κ2) is 5.19. The van der Waals surface area contributed by atoms with Crippen molar-refractivity contribution in [2.45, 2.75) is 25.8 Å². The molecule has 2 saturated heterocycles. The summed E-state index contributed by atoms with van der Waals surface area (Å²) in [6.45, 7) is 8.06. The van der Waals surface area contributed by atoms with Crippen LogP contribution >= 0.6 is 0 Å². The largest absolute Gasteiger partial charge is 0.385 e. The minimum absolute atomic E-state index is 0.798. The van der Waals surface area contributed by atoms with E-state index in [-0.39, 0.29) is 0 Å². The normalized spacial score (nSPS) is 24.1. The number of anilines is 2. The molecular formula is C15H23N3. The van der Waals surface area contributed by atoms with Crippen LogP contribution < -0.4 is 10.2 Å². The molecule has 0 radical (unpaired) electrons. The van der Waals surface area contributed by atoms with Crippen LogP contribution in [0.2, 0.25) is 0 Å². The molecule has 0 aromatic heterocycles. The van der Waals surface area contributed by atoms with E-state index in [1.165, 1.54) is 50.4 Å². The molecule has 1 unspecified atom stereocenters. The number of hydrogen-bond acceptors (Lipinski definition) is 3. The molecule has 0 spiro atoms. The van der Waals surface area contributed by atoms with Gasteiger partial charge in [-0.3, -0.25) is 4.90 Å². The first-order valence-electron chi connectivity index (χ1n) is 7.20. The molecule has 18 heavy (non-hydrogen) atoms. The molecule has 2 aliphatic rings. The predicted octanol–water partition coefficient (Wildman–Crippen LogP) is 2.40. The van der Waals surface area contributed by atoms with Crippen LogP contribution in [0, 0.1) is 0 Å². The van der Waals surface area contributed by atoms with Crippen molar-refractivity contribution in [1.29, 1.82) is 0 Å². The Morgan fingerprint density at radius 2 is 2.00 bits per heavy atom. The Morgan fingerprint density at radius 3 is 2.78 bits per heavy atom. The fourth-order valence-electron chi connectivity index (χ4n) is 3.22. The average Bonchev–Trinajstić information content (AvgIpc) is 2.87. The van der Waals surface area contributed by atoms with Gasteiger partial charge in [0.25, 0.3) is 0 Å². The van der Waals surface area contributed by atoms with Crippen LogP contribution in [0.3, 0.4) is 0 Å². The monoisotopic (exact) mass is 245 g/mol. The SMILES string of the molecule is CCNc1ccc(N2CCN3CCCC3C2)cc1. The first kappa shape index (κ1) is 11.8. The Balaban J connectivity index is 1.67.